The lowest BCUT2D eigenvalue weighted by Gasteiger charge is -2.13. The average Bonchev–Trinajstić information content (AvgIpc) is 2.53. The SMILES string of the molecule is CCNC(=O)COC(=O)c1nn(C(C)C)c(=O)c2ccccc12. The molecule has 122 valence electrons. The number of aromatic nitrogens is 2. The van der Waals surface area contributed by atoms with Gasteiger partial charge in [0.15, 0.2) is 12.3 Å². The predicted molar refractivity (Wildman–Crippen MR) is 85.4 cm³/mol. The highest BCUT2D eigenvalue weighted by atomic mass is 16.5. The Morgan fingerprint density at radius 3 is 2.52 bits per heavy atom. The van der Waals surface area contributed by atoms with Gasteiger partial charge in [-0.15, -0.1) is 0 Å². The van der Waals surface area contributed by atoms with Crippen LogP contribution in [0.3, 0.4) is 0 Å². The molecule has 1 aromatic heterocycles. The number of likely N-dealkylation sites (N-methyl/N-ethyl adjacent to an activating group) is 1. The first kappa shape index (κ1) is 16.7. The van der Waals surface area contributed by atoms with Crippen LogP contribution in [0.4, 0.5) is 0 Å². The van der Waals surface area contributed by atoms with E-state index in [0.717, 1.165) is 0 Å². The molecule has 0 bridgehead atoms. The normalized spacial score (nSPS) is 10.8. The van der Waals surface area contributed by atoms with E-state index >= 15 is 0 Å². The molecule has 1 heterocycles. The van der Waals surface area contributed by atoms with Crippen LogP contribution in [0.2, 0.25) is 0 Å². The lowest BCUT2D eigenvalue weighted by Crippen LogP contribution is -2.30. The molecule has 0 radical (unpaired) electrons. The van der Waals surface area contributed by atoms with Gasteiger partial charge >= 0.3 is 5.97 Å². The van der Waals surface area contributed by atoms with Crippen molar-refractivity contribution in [2.45, 2.75) is 26.8 Å². The number of hydrogen-bond donors (Lipinski definition) is 1. The van der Waals surface area contributed by atoms with E-state index in [4.69, 9.17) is 4.74 Å². The van der Waals surface area contributed by atoms with Crippen molar-refractivity contribution in [2.24, 2.45) is 0 Å². The van der Waals surface area contributed by atoms with Crippen LogP contribution in [0, 0.1) is 0 Å². The molecule has 0 aliphatic heterocycles. The second-order valence-corrected chi connectivity index (χ2v) is 5.27. The minimum absolute atomic E-state index is 0.0261. The third-order valence-corrected chi connectivity index (χ3v) is 3.22. The van der Waals surface area contributed by atoms with Gasteiger partial charge < -0.3 is 10.1 Å². The fourth-order valence-electron chi connectivity index (χ4n) is 2.15. The zero-order chi connectivity index (χ0) is 17.0. The highest BCUT2D eigenvalue weighted by molar-refractivity contribution is 6.02. The Balaban J connectivity index is 2.43. The summed E-state index contributed by atoms with van der Waals surface area (Å²) in [5, 5.41) is 7.46. The van der Waals surface area contributed by atoms with Gasteiger partial charge in [-0.25, -0.2) is 9.48 Å². The van der Waals surface area contributed by atoms with Crippen molar-refractivity contribution in [3.8, 4) is 0 Å². The van der Waals surface area contributed by atoms with Gasteiger partial charge in [0.2, 0.25) is 0 Å². The molecule has 2 rings (SSSR count). The summed E-state index contributed by atoms with van der Waals surface area (Å²) in [5.74, 6) is -1.12. The van der Waals surface area contributed by atoms with Crippen molar-refractivity contribution in [1.82, 2.24) is 15.1 Å². The summed E-state index contributed by atoms with van der Waals surface area (Å²) in [7, 11) is 0. The highest BCUT2D eigenvalue weighted by Crippen LogP contribution is 2.15. The van der Waals surface area contributed by atoms with Crippen LogP contribution in [-0.2, 0) is 9.53 Å². The van der Waals surface area contributed by atoms with Gasteiger partial charge in [0.05, 0.1) is 11.4 Å². The number of esters is 1. The molecule has 0 spiro atoms. The van der Waals surface area contributed by atoms with E-state index in [9.17, 15) is 14.4 Å². The molecule has 1 aromatic carbocycles. The molecule has 7 nitrogen and oxygen atoms in total. The highest BCUT2D eigenvalue weighted by Gasteiger charge is 2.19. The van der Waals surface area contributed by atoms with Crippen LogP contribution in [0.15, 0.2) is 29.1 Å². The average molecular weight is 317 g/mol. The van der Waals surface area contributed by atoms with E-state index in [2.05, 4.69) is 10.4 Å². The first-order valence-corrected chi connectivity index (χ1v) is 7.41. The number of carbonyl (C=O) groups excluding carboxylic acids is 2. The van der Waals surface area contributed by atoms with Crippen LogP contribution < -0.4 is 10.9 Å². The number of ether oxygens (including phenoxy) is 1. The molecule has 2 aromatic rings. The summed E-state index contributed by atoms with van der Waals surface area (Å²) < 4.78 is 6.24. The molecular formula is C16H19N3O4. The van der Waals surface area contributed by atoms with Gasteiger partial charge in [-0.05, 0) is 26.8 Å². The molecule has 0 aliphatic rings. The van der Waals surface area contributed by atoms with Crippen LogP contribution in [0.1, 0.15) is 37.3 Å². The Hall–Kier alpha value is -2.70. The van der Waals surface area contributed by atoms with E-state index in [1.54, 1.807) is 45.0 Å². The number of nitrogens with one attached hydrogen (secondary N) is 1. The van der Waals surface area contributed by atoms with Crippen LogP contribution >= 0.6 is 0 Å². The monoisotopic (exact) mass is 317 g/mol. The zero-order valence-electron chi connectivity index (χ0n) is 13.3. The van der Waals surface area contributed by atoms with E-state index < -0.39 is 5.97 Å². The number of benzene rings is 1. The molecular weight excluding hydrogens is 298 g/mol. The second-order valence-electron chi connectivity index (χ2n) is 5.27. The summed E-state index contributed by atoms with van der Waals surface area (Å²) in [6.07, 6.45) is 0. The molecule has 7 heteroatoms. The van der Waals surface area contributed by atoms with Gasteiger partial charge in [-0.3, -0.25) is 9.59 Å². The lowest BCUT2D eigenvalue weighted by atomic mass is 10.1. The summed E-state index contributed by atoms with van der Waals surface area (Å²) in [4.78, 5) is 36.1. The maximum absolute atomic E-state index is 12.4. The molecule has 0 atom stereocenters. The largest absolute Gasteiger partial charge is 0.451 e. The van der Waals surface area contributed by atoms with Gasteiger partial charge in [-0.1, -0.05) is 18.2 Å². The Morgan fingerprint density at radius 1 is 1.26 bits per heavy atom. The van der Waals surface area contributed by atoms with Crippen molar-refractivity contribution < 1.29 is 14.3 Å². The van der Waals surface area contributed by atoms with E-state index in [0.29, 0.717) is 17.3 Å². The number of amides is 1. The number of fused-ring (bicyclic) bond motifs is 1. The van der Waals surface area contributed by atoms with Crippen LogP contribution in [0.5, 0.6) is 0 Å². The van der Waals surface area contributed by atoms with Crippen molar-refractivity contribution >= 4 is 22.6 Å². The van der Waals surface area contributed by atoms with Crippen LogP contribution in [-0.4, -0.2) is 34.8 Å². The third kappa shape index (κ3) is 3.56. The molecule has 0 fully saturated rings. The maximum Gasteiger partial charge on any atom is 0.359 e. The van der Waals surface area contributed by atoms with E-state index in [1.807, 2.05) is 0 Å². The molecule has 0 saturated carbocycles. The third-order valence-electron chi connectivity index (χ3n) is 3.22. The minimum atomic E-state index is -0.734. The van der Waals surface area contributed by atoms with Crippen molar-refractivity contribution in [3.63, 3.8) is 0 Å². The topological polar surface area (TPSA) is 90.3 Å². The van der Waals surface area contributed by atoms with E-state index in [1.165, 1.54) is 4.68 Å². The van der Waals surface area contributed by atoms with Gasteiger partial charge in [0.25, 0.3) is 11.5 Å². The standard InChI is InChI=1S/C16H19N3O4/c1-4-17-13(20)9-23-16(22)14-11-7-5-6-8-12(11)15(21)19(18-14)10(2)3/h5-8,10H,4,9H2,1-3H3,(H,17,20). The number of nitrogens with zero attached hydrogens (tertiary/aromatic N) is 2. The molecule has 0 unspecified atom stereocenters. The molecule has 0 aliphatic carbocycles. The van der Waals surface area contributed by atoms with Gasteiger partial charge in [0, 0.05) is 11.9 Å². The zero-order valence-corrected chi connectivity index (χ0v) is 13.3. The Kier molecular flexibility index (Phi) is 5.10. The fraction of sp³-hybridized carbons (Fsp3) is 0.375. The molecule has 0 saturated heterocycles. The first-order valence-electron chi connectivity index (χ1n) is 7.41. The van der Waals surface area contributed by atoms with Gasteiger partial charge in [-0.2, -0.15) is 5.10 Å². The fourth-order valence-corrected chi connectivity index (χ4v) is 2.15. The van der Waals surface area contributed by atoms with E-state index in [-0.39, 0.29) is 29.8 Å². The first-order chi connectivity index (χ1) is 11.0. The Labute approximate surface area is 133 Å². The summed E-state index contributed by atoms with van der Waals surface area (Å²) in [6, 6.07) is 6.50. The lowest BCUT2D eigenvalue weighted by molar-refractivity contribution is -0.124. The number of carbonyl (C=O) groups is 2. The van der Waals surface area contributed by atoms with Crippen molar-refractivity contribution in [1.29, 1.82) is 0 Å². The Bertz CT molecular complexity index is 796. The number of hydrogen-bond acceptors (Lipinski definition) is 5. The quantitative estimate of drug-likeness (QED) is 0.839. The van der Waals surface area contributed by atoms with Crippen molar-refractivity contribution in [2.75, 3.05) is 13.2 Å². The summed E-state index contributed by atoms with van der Waals surface area (Å²) >= 11 is 0. The summed E-state index contributed by atoms with van der Waals surface area (Å²) in [5.41, 5.74) is -0.242. The van der Waals surface area contributed by atoms with Gasteiger partial charge in [0.1, 0.15) is 0 Å². The predicted octanol–water partition coefficient (Wildman–Crippen LogP) is 1.27. The van der Waals surface area contributed by atoms with Crippen LogP contribution in [0.25, 0.3) is 10.8 Å². The molecule has 1 amide bonds. The van der Waals surface area contributed by atoms with Crippen molar-refractivity contribution in [3.05, 3.63) is 40.3 Å². The molecule has 23 heavy (non-hydrogen) atoms. The smallest absolute Gasteiger partial charge is 0.359 e. The number of rotatable bonds is 5. The second kappa shape index (κ2) is 7.04. The molecule has 1 N–H and O–H groups in total. The maximum atomic E-state index is 12.4. The Morgan fingerprint density at radius 2 is 1.91 bits per heavy atom. The summed E-state index contributed by atoms with van der Waals surface area (Å²) in [6.45, 7) is 5.44. The minimum Gasteiger partial charge on any atom is -0.451 e.